The fourth-order valence-corrected chi connectivity index (χ4v) is 5.70. The lowest BCUT2D eigenvalue weighted by Gasteiger charge is -2.21. The average Bonchev–Trinajstić information content (AvgIpc) is 3.47. The van der Waals surface area contributed by atoms with E-state index in [1.165, 1.54) is 15.9 Å². The molecule has 0 saturated heterocycles. The van der Waals surface area contributed by atoms with Gasteiger partial charge in [0, 0.05) is 33.6 Å². The van der Waals surface area contributed by atoms with E-state index in [-0.39, 0.29) is 35.6 Å². The topological polar surface area (TPSA) is 71.3 Å². The molecule has 2 N–H and O–H groups in total. The van der Waals surface area contributed by atoms with Crippen LogP contribution in [0.25, 0.3) is 21.3 Å². The van der Waals surface area contributed by atoms with Crippen LogP contribution in [0.3, 0.4) is 0 Å². The van der Waals surface area contributed by atoms with Gasteiger partial charge < -0.3 is 15.0 Å². The van der Waals surface area contributed by atoms with Gasteiger partial charge in [-0.15, -0.1) is 23.7 Å². The Morgan fingerprint density at radius 1 is 1.26 bits per heavy atom. The van der Waals surface area contributed by atoms with Crippen LogP contribution >= 0.6 is 23.7 Å². The van der Waals surface area contributed by atoms with E-state index in [0.29, 0.717) is 4.88 Å². The number of carboxylic acids is 1. The van der Waals surface area contributed by atoms with Gasteiger partial charge in [0.25, 0.3) is 0 Å². The van der Waals surface area contributed by atoms with Crippen LogP contribution in [0, 0.1) is 11.6 Å². The Kier molecular flexibility index (Phi) is 5.66. The Morgan fingerprint density at radius 2 is 2.00 bits per heavy atom. The third kappa shape index (κ3) is 3.46. The van der Waals surface area contributed by atoms with Crippen molar-refractivity contribution in [1.29, 1.82) is 0 Å². The minimum Gasteiger partial charge on any atom is -0.477 e. The number of halogens is 3. The molecular formula is C22H21ClF2N2O3S. The molecule has 31 heavy (non-hydrogen) atoms. The number of benzene rings is 1. The zero-order chi connectivity index (χ0) is 21.2. The predicted molar refractivity (Wildman–Crippen MR) is 119 cm³/mol. The van der Waals surface area contributed by atoms with Crippen molar-refractivity contribution < 1.29 is 18.7 Å². The van der Waals surface area contributed by atoms with Crippen molar-refractivity contribution in [2.24, 2.45) is 0 Å². The molecular weight excluding hydrogens is 446 g/mol. The second-order valence-corrected chi connectivity index (χ2v) is 9.12. The lowest BCUT2D eigenvalue weighted by atomic mass is 9.93. The first-order chi connectivity index (χ1) is 14.4. The molecule has 0 bridgehead atoms. The van der Waals surface area contributed by atoms with Crippen LogP contribution in [-0.4, -0.2) is 22.7 Å². The number of nitrogens with one attached hydrogen (secondary N) is 1. The number of carbonyl (C=O) groups is 1. The molecule has 0 spiro atoms. The molecule has 1 unspecified atom stereocenters. The Bertz CT molecular complexity index is 1270. The lowest BCUT2D eigenvalue weighted by molar-refractivity contribution is 0.0695. The number of hydrogen-bond donors (Lipinski definition) is 2. The van der Waals surface area contributed by atoms with Crippen molar-refractivity contribution in [3.05, 3.63) is 56.2 Å². The molecule has 2 aliphatic rings. The Labute approximate surface area is 187 Å². The molecule has 2 aliphatic carbocycles. The van der Waals surface area contributed by atoms with E-state index in [0.717, 1.165) is 54.8 Å². The van der Waals surface area contributed by atoms with Crippen molar-refractivity contribution in [3.63, 3.8) is 0 Å². The number of hydrogen-bond acceptors (Lipinski definition) is 4. The van der Waals surface area contributed by atoms with Crippen molar-refractivity contribution in [1.82, 2.24) is 9.88 Å². The van der Waals surface area contributed by atoms with E-state index in [1.54, 1.807) is 0 Å². The maximum Gasteiger partial charge on any atom is 0.341 e. The maximum absolute atomic E-state index is 15.8. The van der Waals surface area contributed by atoms with E-state index in [9.17, 15) is 14.7 Å². The summed E-state index contributed by atoms with van der Waals surface area (Å²) < 4.78 is 32.3. The molecule has 5 rings (SSSR count). The van der Waals surface area contributed by atoms with E-state index < -0.39 is 34.0 Å². The molecule has 2 aromatic heterocycles. The van der Waals surface area contributed by atoms with E-state index in [2.05, 4.69) is 5.32 Å². The van der Waals surface area contributed by atoms with Crippen LogP contribution in [0.1, 0.15) is 58.6 Å². The van der Waals surface area contributed by atoms with Crippen LogP contribution in [0.2, 0.25) is 0 Å². The van der Waals surface area contributed by atoms with Crippen LogP contribution in [-0.2, 0) is 6.42 Å². The number of fused-ring (bicyclic) bond motifs is 2. The summed E-state index contributed by atoms with van der Waals surface area (Å²) >= 11 is 1.45. The summed E-state index contributed by atoms with van der Waals surface area (Å²) in [7, 11) is 1.89. The SMILES string of the molecule is CNC1CCCc2sc(-c3cc(F)c4c(=O)c(C(=O)O)cn(C5CC5)c4c3F)cc21.Cl. The van der Waals surface area contributed by atoms with Gasteiger partial charge in [-0.3, -0.25) is 4.79 Å². The second kappa shape index (κ2) is 8.00. The quantitative estimate of drug-likeness (QED) is 0.563. The zero-order valence-corrected chi connectivity index (χ0v) is 18.3. The molecule has 1 saturated carbocycles. The highest BCUT2D eigenvalue weighted by Gasteiger charge is 2.31. The number of pyridine rings is 1. The van der Waals surface area contributed by atoms with Gasteiger partial charge in [0.1, 0.15) is 11.4 Å². The first-order valence-corrected chi connectivity index (χ1v) is 10.8. The lowest BCUT2D eigenvalue weighted by Crippen LogP contribution is -2.20. The second-order valence-electron chi connectivity index (χ2n) is 7.98. The molecule has 2 heterocycles. The fourth-order valence-electron chi connectivity index (χ4n) is 4.43. The molecule has 0 amide bonds. The fraction of sp³-hybridized carbons (Fsp3) is 0.364. The van der Waals surface area contributed by atoms with Gasteiger partial charge in [0.05, 0.1) is 10.9 Å². The highest BCUT2D eigenvalue weighted by molar-refractivity contribution is 7.15. The Morgan fingerprint density at radius 3 is 2.65 bits per heavy atom. The molecule has 1 aromatic carbocycles. The minimum atomic E-state index is -1.44. The van der Waals surface area contributed by atoms with Crippen molar-refractivity contribution in [3.8, 4) is 10.4 Å². The van der Waals surface area contributed by atoms with Gasteiger partial charge in [-0.1, -0.05) is 0 Å². The molecule has 5 nitrogen and oxygen atoms in total. The van der Waals surface area contributed by atoms with Gasteiger partial charge in [0.15, 0.2) is 5.82 Å². The maximum atomic E-state index is 15.8. The van der Waals surface area contributed by atoms with E-state index in [1.807, 2.05) is 13.1 Å². The summed E-state index contributed by atoms with van der Waals surface area (Å²) in [6.07, 6.45) is 5.57. The third-order valence-electron chi connectivity index (χ3n) is 6.09. The Hall–Kier alpha value is -2.29. The monoisotopic (exact) mass is 466 g/mol. The van der Waals surface area contributed by atoms with Gasteiger partial charge in [-0.05, 0) is 56.8 Å². The average molecular weight is 467 g/mol. The molecule has 0 aliphatic heterocycles. The third-order valence-corrected chi connectivity index (χ3v) is 7.33. The molecule has 164 valence electrons. The smallest absolute Gasteiger partial charge is 0.341 e. The van der Waals surface area contributed by atoms with Gasteiger partial charge in [-0.25, -0.2) is 13.6 Å². The van der Waals surface area contributed by atoms with E-state index in [4.69, 9.17) is 0 Å². The number of aromatic carboxylic acids is 1. The number of nitrogens with zero attached hydrogens (tertiary/aromatic N) is 1. The molecule has 9 heteroatoms. The first-order valence-electron chi connectivity index (χ1n) is 10.0. The number of carboxylic acid groups (broad SMARTS) is 1. The Balaban J connectivity index is 0.00000231. The van der Waals surface area contributed by atoms with Crippen LogP contribution in [0.15, 0.2) is 23.1 Å². The summed E-state index contributed by atoms with van der Waals surface area (Å²) in [5, 5.41) is 12.1. The summed E-state index contributed by atoms with van der Waals surface area (Å²) in [6.45, 7) is 0. The number of rotatable bonds is 4. The van der Waals surface area contributed by atoms with Gasteiger partial charge in [-0.2, -0.15) is 0 Å². The minimum absolute atomic E-state index is 0. The standard InChI is InChI=1S/C22H20F2N2O3S.ClH/c1-25-15-3-2-4-16-11(15)8-17(30-16)12-7-14(23)18-20(19(12)24)26(10-5-6-10)9-13(21(18)27)22(28)29;/h7-10,15,25H,2-6H2,1H3,(H,28,29);1H. The van der Waals surface area contributed by atoms with Crippen molar-refractivity contribution >= 4 is 40.6 Å². The zero-order valence-electron chi connectivity index (χ0n) is 16.7. The molecule has 3 aromatic rings. The van der Waals surface area contributed by atoms with Gasteiger partial charge in [0.2, 0.25) is 5.43 Å². The van der Waals surface area contributed by atoms with Crippen LogP contribution in [0.4, 0.5) is 8.78 Å². The molecule has 1 atom stereocenters. The summed E-state index contributed by atoms with van der Waals surface area (Å²) in [5.41, 5.74) is -0.434. The first kappa shape index (κ1) is 21.9. The highest BCUT2D eigenvalue weighted by atomic mass is 35.5. The van der Waals surface area contributed by atoms with Crippen molar-refractivity contribution in [2.45, 2.75) is 44.2 Å². The van der Waals surface area contributed by atoms with E-state index >= 15 is 8.78 Å². The highest BCUT2D eigenvalue weighted by Crippen LogP contribution is 2.43. The largest absolute Gasteiger partial charge is 0.477 e. The number of aromatic nitrogens is 1. The summed E-state index contributed by atoms with van der Waals surface area (Å²) in [5.74, 6) is -3.00. The van der Waals surface area contributed by atoms with Crippen LogP contribution in [0.5, 0.6) is 0 Å². The number of aryl methyl sites for hydroxylation is 1. The molecule has 1 fully saturated rings. The number of thiophene rings is 1. The summed E-state index contributed by atoms with van der Waals surface area (Å²) in [4.78, 5) is 25.9. The van der Waals surface area contributed by atoms with Crippen molar-refractivity contribution in [2.75, 3.05) is 7.05 Å². The van der Waals surface area contributed by atoms with Crippen LogP contribution < -0.4 is 10.7 Å². The summed E-state index contributed by atoms with van der Waals surface area (Å²) in [6, 6.07) is 3.01. The van der Waals surface area contributed by atoms with Gasteiger partial charge >= 0.3 is 5.97 Å². The predicted octanol–water partition coefficient (Wildman–Crippen LogP) is 5.06. The normalized spacial score (nSPS) is 18.0. The molecule has 0 radical (unpaired) electrons.